The first kappa shape index (κ1) is 20.7. The van der Waals surface area contributed by atoms with Crippen molar-refractivity contribution in [1.29, 1.82) is 0 Å². The van der Waals surface area contributed by atoms with Crippen molar-refractivity contribution in [3.05, 3.63) is 0 Å². The van der Waals surface area contributed by atoms with E-state index in [1.807, 2.05) is 13.8 Å². The fourth-order valence-electron chi connectivity index (χ4n) is 8.68. The molecule has 4 fully saturated rings. The van der Waals surface area contributed by atoms with Crippen LogP contribution in [0.15, 0.2) is 0 Å². The van der Waals surface area contributed by atoms with Gasteiger partial charge in [-0.05, 0) is 104 Å². The van der Waals surface area contributed by atoms with E-state index in [9.17, 15) is 5.11 Å². The molecule has 0 aromatic rings. The molecule has 0 spiro atoms. The fourth-order valence-corrected chi connectivity index (χ4v) is 8.68. The summed E-state index contributed by atoms with van der Waals surface area (Å²) in [5, 5.41) is 9.43. The molecule has 4 rings (SSSR count). The van der Waals surface area contributed by atoms with Crippen LogP contribution in [0.1, 0.15) is 105 Å². The van der Waals surface area contributed by atoms with Crippen LogP contribution in [0, 0.1) is 46.3 Å². The second-order valence-corrected chi connectivity index (χ2v) is 10.6. The van der Waals surface area contributed by atoms with Gasteiger partial charge in [-0.3, -0.25) is 0 Å². The first-order valence-corrected chi connectivity index (χ1v) is 12.1. The Morgan fingerprint density at radius 3 is 2.31 bits per heavy atom. The maximum atomic E-state index is 9.43. The second-order valence-electron chi connectivity index (χ2n) is 10.6. The summed E-state index contributed by atoms with van der Waals surface area (Å²) in [6, 6.07) is 0. The molecule has 1 N–H and O–H groups in total. The molecule has 0 aromatic carbocycles. The molecule has 4 aliphatic rings. The van der Waals surface area contributed by atoms with Crippen molar-refractivity contribution in [3.63, 3.8) is 0 Å². The van der Waals surface area contributed by atoms with Gasteiger partial charge in [-0.2, -0.15) is 0 Å². The van der Waals surface area contributed by atoms with Crippen molar-refractivity contribution in [3.8, 4) is 0 Å². The Labute approximate surface area is 163 Å². The Bertz CT molecular complexity index is 459. The van der Waals surface area contributed by atoms with Gasteiger partial charge in [-0.15, -0.1) is 0 Å². The molecule has 26 heavy (non-hydrogen) atoms. The third-order valence-electron chi connectivity index (χ3n) is 9.93. The first-order valence-electron chi connectivity index (χ1n) is 12.1. The molecule has 4 saturated carbocycles. The molecule has 1 nitrogen and oxygen atoms in total. The van der Waals surface area contributed by atoms with Crippen molar-refractivity contribution in [2.75, 3.05) is 6.61 Å². The molecule has 7 unspecified atom stereocenters. The van der Waals surface area contributed by atoms with E-state index in [0.29, 0.717) is 23.4 Å². The molecule has 4 aliphatic carbocycles. The van der Waals surface area contributed by atoms with E-state index in [0.717, 1.165) is 36.0 Å². The molecule has 0 aliphatic heterocycles. The van der Waals surface area contributed by atoms with Crippen LogP contribution in [0.25, 0.3) is 0 Å². The Kier molecular flexibility index (Phi) is 6.48. The Balaban J connectivity index is 0.000000948. The lowest BCUT2D eigenvalue weighted by atomic mass is 9.44. The molecule has 0 aromatic heterocycles. The van der Waals surface area contributed by atoms with Gasteiger partial charge in [0, 0.05) is 6.61 Å². The highest BCUT2D eigenvalue weighted by atomic mass is 16.3. The first-order chi connectivity index (χ1) is 12.5. The third kappa shape index (κ3) is 3.19. The normalized spacial score (nSPS) is 48.5. The lowest BCUT2D eigenvalue weighted by molar-refractivity contribution is -0.114. The van der Waals surface area contributed by atoms with Gasteiger partial charge in [0.05, 0.1) is 0 Å². The number of rotatable bonds is 3. The van der Waals surface area contributed by atoms with Crippen LogP contribution in [-0.2, 0) is 0 Å². The molecule has 8 atom stereocenters. The van der Waals surface area contributed by atoms with Crippen LogP contribution in [0.4, 0.5) is 0 Å². The number of hydrogen-bond acceptors (Lipinski definition) is 1. The largest absolute Gasteiger partial charge is 0.396 e. The van der Waals surface area contributed by atoms with Crippen LogP contribution in [-0.4, -0.2) is 11.7 Å². The highest BCUT2D eigenvalue weighted by Gasteiger charge is 2.59. The van der Waals surface area contributed by atoms with Crippen LogP contribution in [0.3, 0.4) is 0 Å². The summed E-state index contributed by atoms with van der Waals surface area (Å²) in [7, 11) is 0. The van der Waals surface area contributed by atoms with E-state index in [-0.39, 0.29) is 0 Å². The number of aliphatic hydroxyl groups is 1. The predicted molar refractivity (Wildman–Crippen MR) is 112 cm³/mol. The van der Waals surface area contributed by atoms with Crippen molar-refractivity contribution >= 4 is 0 Å². The molecule has 0 amide bonds. The molecular formula is C25H46O. The summed E-state index contributed by atoms with van der Waals surface area (Å²) in [6.45, 7) is 12.1. The van der Waals surface area contributed by atoms with Crippen molar-refractivity contribution in [1.82, 2.24) is 0 Å². The van der Waals surface area contributed by atoms with E-state index < -0.39 is 0 Å². The lowest BCUT2D eigenvalue weighted by Crippen LogP contribution is -2.53. The van der Waals surface area contributed by atoms with Crippen LogP contribution >= 0.6 is 0 Å². The quantitative estimate of drug-likeness (QED) is 0.568. The summed E-state index contributed by atoms with van der Waals surface area (Å²) >= 11 is 0. The van der Waals surface area contributed by atoms with Gasteiger partial charge in [0.2, 0.25) is 0 Å². The lowest BCUT2D eigenvalue weighted by Gasteiger charge is -2.61. The van der Waals surface area contributed by atoms with Gasteiger partial charge < -0.3 is 5.11 Å². The smallest absolute Gasteiger partial charge is 0.0433 e. The third-order valence-corrected chi connectivity index (χ3v) is 9.93. The Hall–Kier alpha value is -0.0400. The fraction of sp³-hybridized carbons (Fsp3) is 1.00. The van der Waals surface area contributed by atoms with Crippen LogP contribution in [0.5, 0.6) is 0 Å². The predicted octanol–water partition coefficient (Wildman–Crippen LogP) is 7.08. The highest BCUT2D eigenvalue weighted by Crippen LogP contribution is 2.68. The molecule has 0 heterocycles. The van der Waals surface area contributed by atoms with Gasteiger partial charge >= 0.3 is 0 Å². The number of aliphatic hydroxyl groups excluding tert-OH is 1. The van der Waals surface area contributed by atoms with E-state index in [4.69, 9.17) is 0 Å². The minimum absolute atomic E-state index is 0.379. The van der Waals surface area contributed by atoms with Gasteiger partial charge in [-0.1, -0.05) is 47.5 Å². The van der Waals surface area contributed by atoms with Gasteiger partial charge in [0.15, 0.2) is 0 Å². The zero-order valence-electron chi connectivity index (χ0n) is 18.4. The number of hydrogen-bond donors (Lipinski definition) is 1. The van der Waals surface area contributed by atoms with Crippen LogP contribution in [0.2, 0.25) is 0 Å². The number of fused-ring (bicyclic) bond motifs is 5. The molecule has 0 saturated heterocycles. The van der Waals surface area contributed by atoms with E-state index in [1.54, 1.807) is 0 Å². The molecular weight excluding hydrogens is 316 g/mol. The highest BCUT2D eigenvalue weighted by molar-refractivity contribution is 5.09. The minimum atomic E-state index is 0.379. The summed E-state index contributed by atoms with van der Waals surface area (Å²) in [4.78, 5) is 0. The summed E-state index contributed by atoms with van der Waals surface area (Å²) in [5.74, 6) is 5.66. The second kappa shape index (κ2) is 8.14. The minimum Gasteiger partial charge on any atom is -0.396 e. The Morgan fingerprint density at radius 1 is 0.846 bits per heavy atom. The Morgan fingerprint density at radius 2 is 1.58 bits per heavy atom. The zero-order chi connectivity index (χ0) is 18.9. The molecule has 152 valence electrons. The van der Waals surface area contributed by atoms with Crippen molar-refractivity contribution in [2.45, 2.75) is 105 Å². The standard InChI is InChI=1S/C23H40O.C2H6/c1-16(12-15-24)19-9-10-20-18-8-7-17-6-4-5-13-22(17,2)21(18)11-14-23(19,20)3;1-2/h16-21,24H,4-15H2,1-3H3;1-2H3/t16-,17?,18?,19?,20?,21?,22?,23?;/m1./s1. The zero-order valence-corrected chi connectivity index (χ0v) is 18.4. The molecule has 0 bridgehead atoms. The van der Waals surface area contributed by atoms with E-state index in [1.165, 1.54) is 64.2 Å². The summed E-state index contributed by atoms with van der Waals surface area (Å²) in [5.41, 5.74) is 1.25. The monoisotopic (exact) mass is 362 g/mol. The summed E-state index contributed by atoms with van der Waals surface area (Å²) in [6.07, 6.45) is 16.0. The maximum Gasteiger partial charge on any atom is 0.0433 e. The van der Waals surface area contributed by atoms with Gasteiger partial charge in [0.1, 0.15) is 0 Å². The van der Waals surface area contributed by atoms with E-state index >= 15 is 0 Å². The van der Waals surface area contributed by atoms with Gasteiger partial charge in [0.25, 0.3) is 0 Å². The maximum absolute atomic E-state index is 9.43. The van der Waals surface area contributed by atoms with Crippen molar-refractivity contribution < 1.29 is 5.11 Å². The average Bonchev–Trinajstić information content (AvgIpc) is 3.00. The van der Waals surface area contributed by atoms with Gasteiger partial charge in [-0.25, -0.2) is 0 Å². The molecule has 1 heteroatoms. The average molecular weight is 363 g/mol. The summed E-state index contributed by atoms with van der Waals surface area (Å²) < 4.78 is 0. The van der Waals surface area contributed by atoms with E-state index in [2.05, 4.69) is 20.8 Å². The van der Waals surface area contributed by atoms with Crippen LogP contribution < -0.4 is 0 Å². The SMILES string of the molecule is CC.C[C@H](CCO)C1CCC2C3CCC4CCCCC4(C)C3CCC21C. The van der Waals surface area contributed by atoms with Crippen molar-refractivity contribution in [2.24, 2.45) is 46.3 Å². The topological polar surface area (TPSA) is 20.2 Å². The molecule has 0 radical (unpaired) electrons.